The van der Waals surface area contributed by atoms with Crippen molar-refractivity contribution in [3.05, 3.63) is 33.8 Å². The fourth-order valence-corrected chi connectivity index (χ4v) is 3.03. The summed E-state index contributed by atoms with van der Waals surface area (Å²) in [4.78, 5) is 6.37. The van der Waals surface area contributed by atoms with Gasteiger partial charge in [0, 0.05) is 46.3 Å². The van der Waals surface area contributed by atoms with Crippen LogP contribution in [0.3, 0.4) is 0 Å². The summed E-state index contributed by atoms with van der Waals surface area (Å²) in [5, 5.41) is 4.50. The molecule has 5 nitrogen and oxygen atoms in total. The maximum absolute atomic E-state index is 6.07. The van der Waals surface area contributed by atoms with E-state index >= 15 is 0 Å². The van der Waals surface area contributed by atoms with Gasteiger partial charge in [-0.3, -0.25) is 4.99 Å². The first-order valence-corrected chi connectivity index (χ1v) is 9.37. The highest BCUT2D eigenvalue weighted by atomic mass is 127. The first-order valence-electron chi connectivity index (χ1n) is 8.61. The molecule has 26 heavy (non-hydrogen) atoms. The molecule has 0 aliphatic carbocycles. The molecule has 2 rings (SSSR count). The molecule has 0 saturated carbocycles. The molecule has 1 atom stereocenters. The standard InChI is InChI=1S/C18H27Cl2N3O2.HI/c1-21-18(22-7-3-8-24-12-15-6-9-25-13-15)23(2)11-14-4-5-16(19)17(20)10-14;/h4-5,10,15H,3,6-9,11-13H2,1-2H3,(H,21,22);1H. The van der Waals surface area contributed by atoms with Crippen molar-refractivity contribution in [3.8, 4) is 0 Å². The number of hydrogen-bond donors (Lipinski definition) is 1. The molecule has 1 unspecified atom stereocenters. The van der Waals surface area contributed by atoms with Crippen LogP contribution in [0.4, 0.5) is 0 Å². The third kappa shape index (κ3) is 8.17. The maximum atomic E-state index is 6.07. The Hall–Kier alpha value is -0.280. The summed E-state index contributed by atoms with van der Waals surface area (Å²) >= 11 is 12.0. The Balaban J connectivity index is 0.00000338. The maximum Gasteiger partial charge on any atom is 0.193 e. The molecule has 8 heteroatoms. The number of aliphatic imine (C=N–C) groups is 1. The summed E-state index contributed by atoms with van der Waals surface area (Å²) in [7, 11) is 3.78. The molecule has 1 heterocycles. The third-order valence-corrected chi connectivity index (χ3v) is 4.84. The van der Waals surface area contributed by atoms with Crippen molar-refractivity contribution in [1.82, 2.24) is 10.2 Å². The molecular formula is C18H28Cl2IN3O2. The molecule has 1 aliphatic heterocycles. The highest BCUT2D eigenvalue weighted by molar-refractivity contribution is 14.0. The van der Waals surface area contributed by atoms with Crippen LogP contribution in [0.1, 0.15) is 18.4 Å². The molecule has 1 aromatic carbocycles. The molecule has 1 saturated heterocycles. The topological polar surface area (TPSA) is 46.1 Å². The van der Waals surface area contributed by atoms with Gasteiger partial charge in [0.05, 0.1) is 23.3 Å². The van der Waals surface area contributed by atoms with Crippen molar-refractivity contribution in [2.45, 2.75) is 19.4 Å². The molecule has 0 amide bonds. The van der Waals surface area contributed by atoms with Crippen molar-refractivity contribution < 1.29 is 9.47 Å². The number of halogens is 3. The van der Waals surface area contributed by atoms with Crippen molar-refractivity contribution >= 4 is 53.1 Å². The van der Waals surface area contributed by atoms with Gasteiger partial charge in [-0.05, 0) is 30.5 Å². The Bertz CT molecular complexity index is 569. The Labute approximate surface area is 183 Å². The number of benzene rings is 1. The predicted octanol–water partition coefficient (Wildman–Crippen LogP) is 4.06. The van der Waals surface area contributed by atoms with E-state index in [1.807, 2.05) is 25.2 Å². The van der Waals surface area contributed by atoms with Crippen LogP contribution in [0.25, 0.3) is 0 Å². The van der Waals surface area contributed by atoms with Gasteiger partial charge in [0.25, 0.3) is 0 Å². The minimum Gasteiger partial charge on any atom is -0.381 e. The molecule has 0 radical (unpaired) electrons. The second-order valence-electron chi connectivity index (χ2n) is 6.24. The van der Waals surface area contributed by atoms with Gasteiger partial charge >= 0.3 is 0 Å². The molecule has 1 aromatic rings. The van der Waals surface area contributed by atoms with Crippen LogP contribution in [0, 0.1) is 5.92 Å². The third-order valence-electron chi connectivity index (χ3n) is 4.10. The molecular weight excluding hydrogens is 488 g/mol. The van der Waals surface area contributed by atoms with E-state index in [0.717, 1.165) is 57.3 Å². The quantitative estimate of drug-likeness (QED) is 0.245. The minimum atomic E-state index is 0. The van der Waals surface area contributed by atoms with Gasteiger partial charge in [0.1, 0.15) is 0 Å². The number of nitrogens with one attached hydrogen (secondary N) is 1. The van der Waals surface area contributed by atoms with Crippen molar-refractivity contribution in [3.63, 3.8) is 0 Å². The normalized spacial score (nSPS) is 17.1. The Morgan fingerprint density at radius 2 is 2.19 bits per heavy atom. The van der Waals surface area contributed by atoms with Crippen LogP contribution in [-0.4, -0.2) is 57.9 Å². The summed E-state index contributed by atoms with van der Waals surface area (Å²) in [6.45, 7) is 4.78. The summed E-state index contributed by atoms with van der Waals surface area (Å²) in [6, 6.07) is 5.67. The Kier molecular flexibility index (Phi) is 11.9. The van der Waals surface area contributed by atoms with Crippen LogP contribution in [0.15, 0.2) is 23.2 Å². The van der Waals surface area contributed by atoms with Crippen LogP contribution in [-0.2, 0) is 16.0 Å². The van der Waals surface area contributed by atoms with Crippen molar-refractivity contribution in [2.24, 2.45) is 10.9 Å². The second kappa shape index (κ2) is 13.0. The lowest BCUT2D eigenvalue weighted by molar-refractivity contribution is 0.0887. The largest absolute Gasteiger partial charge is 0.381 e. The molecule has 148 valence electrons. The zero-order chi connectivity index (χ0) is 18.1. The van der Waals surface area contributed by atoms with E-state index in [1.54, 1.807) is 7.05 Å². The molecule has 0 aromatic heterocycles. The zero-order valence-electron chi connectivity index (χ0n) is 15.3. The van der Waals surface area contributed by atoms with E-state index in [-0.39, 0.29) is 24.0 Å². The SMILES string of the molecule is CN=C(NCCCOCC1CCOC1)N(C)Cc1ccc(Cl)c(Cl)c1.I. The number of nitrogens with zero attached hydrogens (tertiary/aromatic N) is 2. The first kappa shape index (κ1) is 23.8. The minimum absolute atomic E-state index is 0. The summed E-state index contributed by atoms with van der Waals surface area (Å²) in [5.74, 6) is 1.41. The predicted molar refractivity (Wildman–Crippen MR) is 119 cm³/mol. The fraction of sp³-hybridized carbons (Fsp3) is 0.611. The van der Waals surface area contributed by atoms with E-state index < -0.39 is 0 Å². The lowest BCUT2D eigenvalue weighted by atomic mass is 10.1. The van der Waals surface area contributed by atoms with Crippen LogP contribution in [0.2, 0.25) is 10.0 Å². The average Bonchev–Trinajstić information content (AvgIpc) is 3.11. The monoisotopic (exact) mass is 515 g/mol. The van der Waals surface area contributed by atoms with Gasteiger partial charge < -0.3 is 19.7 Å². The smallest absolute Gasteiger partial charge is 0.193 e. The van der Waals surface area contributed by atoms with E-state index in [1.165, 1.54) is 0 Å². The van der Waals surface area contributed by atoms with Gasteiger partial charge in [0.2, 0.25) is 0 Å². The lowest BCUT2D eigenvalue weighted by Crippen LogP contribution is -2.39. The van der Waals surface area contributed by atoms with Crippen LogP contribution >= 0.6 is 47.2 Å². The van der Waals surface area contributed by atoms with Gasteiger partial charge in [-0.2, -0.15) is 0 Å². The molecule has 0 spiro atoms. The summed E-state index contributed by atoms with van der Waals surface area (Å²) in [6.07, 6.45) is 2.05. The average molecular weight is 516 g/mol. The van der Waals surface area contributed by atoms with E-state index in [2.05, 4.69) is 15.2 Å². The summed E-state index contributed by atoms with van der Waals surface area (Å²) in [5.41, 5.74) is 1.09. The first-order chi connectivity index (χ1) is 12.1. The van der Waals surface area contributed by atoms with Crippen molar-refractivity contribution in [1.29, 1.82) is 0 Å². The van der Waals surface area contributed by atoms with Gasteiger partial charge in [-0.25, -0.2) is 0 Å². The van der Waals surface area contributed by atoms with Gasteiger partial charge in [0.15, 0.2) is 5.96 Å². The number of guanidine groups is 1. The lowest BCUT2D eigenvalue weighted by Gasteiger charge is -2.22. The number of hydrogen-bond acceptors (Lipinski definition) is 3. The van der Waals surface area contributed by atoms with E-state index in [9.17, 15) is 0 Å². The Morgan fingerprint density at radius 1 is 1.38 bits per heavy atom. The molecule has 1 fully saturated rings. The zero-order valence-corrected chi connectivity index (χ0v) is 19.2. The van der Waals surface area contributed by atoms with E-state index in [4.69, 9.17) is 32.7 Å². The van der Waals surface area contributed by atoms with Gasteiger partial charge in [-0.15, -0.1) is 24.0 Å². The number of rotatable bonds is 8. The molecule has 1 N–H and O–H groups in total. The highest BCUT2D eigenvalue weighted by Gasteiger charge is 2.15. The second-order valence-corrected chi connectivity index (χ2v) is 7.05. The van der Waals surface area contributed by atoms with Crippen LogP contribution < -0.4 is 5.32 Å². The molecule has 1 aliphatic rings. The molecule has 0 bridgehead atoms. The number of ether oxygens (including phenoxy) is 2. The fourth-order valence-electron chi connectivity index (χ4n) is 2.71. The summed E-state index contributed by atoms with van der Waals surface area (Å²) < 4.78 is 11.1. The Morgan fingerprint density at radius 3 is 2.85 bits per heavy atom. The van der Waals surface area contributed by atoms with Gasteiger partial charge in [-0.1, -0.05) is 29.3 Å². The van der Waals surface area contributed by atoms with E-state index in [0.29, 0.717) is 22.5 Å². The van der Waals surface area contributed by atoms with Crippen LogP contribution in [0.5, 0.6) is 0 Å². The highest BCUT2D eigenvalue weighted by Crippen LogP contribution is 2.23. The van der Waals surface area contributed by atoms with Crippen molar-refractivity contribution in [2.75, 3.05) is 47.1 Å².